The lowest BCUT2D eigenvalue weighted by molar-refractivity contribution is -0.119. The summed E-state index contributed by atoms with van der Waals surface area (Å²) in [4.78, 5) is 11.5. The van der Waals surface area contributed by atoms with E-state index in [0.717, 1.165) is 24.2 Å². The van der Waals surface area contributed by atoms with Crippen LogP contribution >= 0.6 is 0 Å². The normalized spacial score (nSPS) is 17.6. The fraction of sp³-hybridized carbons (Fsp3) is 0.417. The average molecular weight is 190 g/mol. The van der Waals surface area contributed by atoms with Crippen molar-refractivity contribution in [2.24, 2.45) is 0 Å². The minimum absolute atomic E-state index is 0.160. The van der Waals surface area contributed by atoms with Crippen molar-refractivity contribution in [3.8, 4) is 5.75 Å². The van der Waals surface area contributed by atoms with Gasteiger partial charge in [0.1, 0.15) is 11.5 Å². The number of carbonyl (C=O) groups excluding carboxylic acids is 1. The maximum atomic E-state index is 11.5. The number of ether oxygens (including phenoxy) is 1. The van der Waals surface area contributed by atoms with Crippen LogP contribution in [0.4, 0.5) is 0 Å². The predicted molar refractivity (Wildman–Crippen MR) is 54.6 cm³/mol. The molecule has 0 bridgehead atoms. The van der Waals surface area contributed by atoms with E-state index in [9.17, 15) is 4.79 Å². The average Bonchev–Trinajstić information content (AvgIpc) is 2.99. The highest BCUT2D eigenvalue weighted by atomic mass is 16.5. The Bertz CT molecular complexity index is 347. The summed E-state index contributed by atoms with van der Waals surface area (Å²) in [7, 11) is 1.65. The van der Waals surface area contributed by atoms with Crippen LogP contribution in [0, 0.1) is 0 Å². The van der Waals surface area contributed by atoms with Crippen LogP contribution in [0.5, 0.6) is 5.75 Å². The molecule has 0 radical (unpaired) electrons. The number of hydrogen-bond donors (Lipinski definition) is 0. The molecule has 0 spiro atoms. The van der Waals surface area contributed by atoms with Gasteiger partial charge in [0.05, 0.1) is 12.5 Å². The van der Waals surface area contributed by atoms with E-state index in [1.165, 1.54) is 0 Å². The molecule has 0 unspecified atom stereocenters. The van der Waals surface area contributed by atoms with E-state index in [4.69, 9.17) is 4.74 Å². The molecule has 1 fully saturated rings. The number of benzene rings is 1. The van der Waals surface area contributed by atoms with Crippen LogP contribution in [0.15, 0.2) is 24.3 Å². The second-order valence-corrected chi connectivity index (χ2v) is 3.87. The van der Waals surface area contributed by atoms with E-state index in [2.05, 4.69) is 0 Å². The third kappa shape index (κ3) is 1.31. The van der Waals surface area contributed by atoms with Gasteiger partial charge in [-0.25, -0.2) is 0 Å². The van der Waals surface area contributed by atoms with Gasteiger partial charge in [-0.3, -0.25) is 4.79 Å². The molecule has 2 rings (SSSR count). The van der Waals surface area contributed by atoms with Crippen molar-refractivity contribution in [3.63, 3.8) is 0 Å². The first-order valence-corrected chi connectivity index (χ1v) is 4.84. The molecule has 1 aromatic rings. The molecule has 0 heterocycles. The number of carbonyl (C=O) groups is 1. The second kappa shape index (κ2) is 3.12. The highest BCUT2D eigenvalue weighted by Crippen LogP contribution is 2.49. The summed E-state index contributed by atoms with van der Waals surface area (Å²) in [6.45, 7) is 1.68. The van der Waals surface area contributed by atoms with Crippen molar-refractivity contribution in [2.75, 3.05) is 7.11 Å². The van der Waals surface area contributed by atoms with Crippen LogP contribution in [0.25, 0.3) is 0 Å². The molecule has 1 aliphatic rings. The van der Waals surface area contributed by atoms with Crippen LogP contribution in [-0.2, 0) is 10.2 Å². The van der Waals surface area contributed by atoms with Crippen LogP contribution in [0.1, 0.15) is 25.3 Å². The lowest BCUT2D eigenvalue weighted by Gasteiger charge is -2.11. The molecular formula is C12H14O2. The summed E-state index contributed by atoms with van der Waals surface area (Å²) in [5.41, 5.74) is 0.970. The minimum Gasteiger partial charge on any atom is -0.497 e. The number of methoxy groups -OCH3 is 1. The van der Waals surface area contributed by atoms with E-state index in [0.29, 0.717) is 0 Å². The van der Waals surface area contributed by atoms with Crippen LogP contribution in [0.2, 0.25) is 0 Å². The summed E-state index contributed by atoms with van der Waals surface area (Å²) in [6, 6.07) is 7.82. The Morgan fingerprint density at radius 1 is 1.29 bits per heavy atom. The number of rotatable bonds is 3. The van der Waals surface area contributed by atoms with E-state index < -0.39 is 0 Å². The maximum Gasteiger partial charge on any atom is 0.140 e. The van der Waals surface area contributed by atoms with Crippen molar-refractivity contribution >= 4 is 5.78 Å². The van der Waals surface area contributed by atoms with Crippen LogP contribution < -0.4 is 4.74 Å². The van der Waals surface area contributed by atoms with E-state index in [1.54, 1.807) is 14.0 Å². The Balaban J connectivity index is 2.29. The Morgan fingerprint density at radius 3 is 2.21 bits per heavy atom. The topological polar surface area (TPSA) is 26.3 Å². The lowest BCUT2D eigenvalue weighted by Crippen LogP contribution is -2.16. The van der Waals surface area contributed by atoms with Gasteiger partial charge in [0, 0.05) is 0 Å². The van der Waals surface area contributed by atoms with Gasteiger partial charge in [-0.05, 0) is 37.5 Å². The first-order valence-electron chi connectivity index (χ1n) is 4.84. The van der Waals surface area contributed by atoms with Crippen molar-refractivity contribution in [2.45, 2.75) is 25.2 Å². The molecule has 0 saturated heterocycles. The molecule has 1 saturated carbocycles. The van der Waals surface area contributed by atoms with Crippen molar-refractivity contribution < 1.29 is 9.53 Å². The molecule has 1 aliphatic carbocycles. The Morgan fingerprint density at radius 2 is 1.86 bits per heavy atom. The molecule has 0 N–H and O–H groups in total. The summed E-state index contributed by atoms with van der Waals surface area (Å²) in [6.07, 6.45) is 1.99. The zero-order valence-electron chi connectivity index (χ0n) is 8.54. The van der Waals surface area contributed by atoms with Gasteiger partial charge in [0.15, 0.2) is 0 Å². The van der Waals surface area contributed by atoms with Gasteiger partial charge >= 0.3 is 0 Å². The summed E-state index contributed by atoms with van der Waals surface area (Å²) in [5.74, 6) is 1.12. The van der Waals surface area contributed by atoms with Gasteiger partial charge in [0.2, 0.25) is 0 Å². The first-order chi connectivity index (χ1) is 6.69. The molecule has 2 nitrogen and oxygen atoms in total. The summed E-state index contributed by atoms with van der Waals surface area (Å²) >= 11 is 0. The van der Waals surface area contributed by atoms with Gasteiger partial charge in [-0.2, -0.15) is 0 Å². The van der Waals surface area contributed by atoms with Crippen LogP contribution in [-0.4, -0.2) is 12.9 Å². The van der Waals surface area contributed by atoms with Gasteiger partial charge in [0.25, 0.3) is 0 Å². The third-order valence-electron chi connectivity index (χ3n) is 3.07. The summed E-state index contributed by atoms with van der Waals surface area (Å²) in [5, 5.41) is 0. The maximum absolute atomic E-state index is 11.5. The highest BCUT2D eigenvalue weighted by Gasteiger charge is 2.48. The van der Waals surface area contributed by atoms with Gasteiger partial charge in [-0.1, -0.05) is 12.1 Å². The minimum atomic E-state index is -0.160. The molecule has 14 heavy (non-hydrogen) atoms. The molecule has 74 valence electrons. The number of ketones is 1. The molecule has 0 atom stereocenters. The first kappa shape index (κ1) is 9.25. The van der Waals surface area contributed by atoms with Crippen LogP contribution in [0.3, 0.4) is 0 Å². The fourth-order valence-electron chi connectivity index (χ4n) is 1.88. The molecular weight excluding hydrogens is 176 g/mol. The largest absolute Gasteiger partial charge is 0.497 e. The number of hydrogen-bond acceptors (Lipinski definition) is 2. The number of Topliss-reactive ketones (excluding diaryl/α,β-unsaturated/α-hetero) is 1. The lowest BCUT2D eigenvalue weighted by atomic mass is 9.92. The Kier molecular flexibility index (Phi) is 2.06. The van der Waals surface area contributed by atoms with Gasteiger partial charge in [-0.15, -0.1) is 0 Å². The SMILES string of the molecule is COc1ccc(C2(C(C)=O)CC2)cc1. The molecule has 1 aromatic carbocycles. The molecule has 0 aliphatic heterocycles. The molecule has 0 amide bonds. The zero-order valence-corrected chi connectivity index (χ0v) is 8.54. The zero-order chi connectivity index (χ0) is 10.2. The van der Waals surface area contributed by atoms with E-state index >= 15 is 0 Å². The van der Waals surface area contributed by atoms with E-state index in [1.807, 2.05) is 24.3 Å². The van der Waals surface area contributed by atoms with Crippen molar-refractivity contribution in [3.05, 3.63) is 29.8 Å². The van der Waals surface area contributed by atoms with Gasteiger partial charge < -0.3 is 4.74 Å². The third-order valence-corrected chi connectivity index (χ3v) is 3.07. The molecule has 0 aromatic heterocycles. The highest BCUT2D eigenvalue weighted by molar-refractivity contribution is 5.91. The van der Waals surface area contributed by atoms with Crippen molar-refractivity contribution in [1.29, 1.82) is 0 Å². The Labute approximate surface area is 83.9 Å². The predicted octanol–water partition coefficient (Wildman–Crippen LogP) is 2.32. The molecule has 2 heteroatoms. The quantitative estimate of drug-likeness (QED) is 0.731. The Hall–Kier alpha value is -1.31. The van der Waals surface area contributed by atoms with Crippen molar-refractivity contribution in [1.82, 2.24) is 0 Å². The monoisotopic (exact) mass is 190 g/mol. The fourth-order valence-corrected chi connectivity index (χ4v) is 1.88. The second-order valence-electron chi connectivity index (χ2n) is 3.87. The smallest absolute Gasteiger partial charge is 0.140 e. The summed E-state index contributed by atoms with van der Waals surface area (Å²) < 4.78 is 5.08. The van der Waals surface area contributed by atoms with E-state index in [-0.39, 0.29) is 11.2 Å². The standard InChI is InChI=1S/C12H14O2/c1-9(13)12(7-8-12)10-3-5-11(14-2)6-4-10/h3-6H,7-8H2,1-2H3.